The highest BCUT2D eigenvalue weighted by atomic mass is 35.5. The lowest BCUT2D eigenvalue weighted by atomic mass is 10.1. The topological polar surface area (TPSA) is 30.1 Å². The maximum atomic E-state index is 10.3. The number of hydrogen-bond donors (Lipinski definition) is 1. The van der Waals surface area contributed by atoms with Crippen LogP contribution in [-0.4, -0.2) is 14.2 Å². The van der Waals surface area contributed by atoms with Gasteiger partial charge in [-0.25, -0.2) is 0 Å². The Morgan fingerprint density at radius 3 is 2.56 bits per heavy atom. The summed E-state index contributed by atoms with van der Waals surface area (Å²) in [7, 11) is 0. The van der Waals surface area contributed by atoms with Crippen molar-refractivity contribution >= 4 is 23.8 Å². The smallest absolute Gasteiger partial charge is 0.218 e. The first-order valence-electron chi connectivity index (χ1n) is 5.98. The summed E-state index contributed by atoms with van der Waals surface area (Å²) in [6.45, 7) is 0.891. The summed E-state index contributed by atoms with van der Waals surface area (Å²) in [5, 5.41) is 11.0. The highest BCUT2D eigenvalue weighted by Crippen LogP contribution is 2.30. The lowest BCUT2D eigenvalue weighted by Crippen LogP contribution is -2.09. The second-order valence-corrected chi connectivity index (χ2v) is 5.28. The van der Waals surface area contributed by atoms with Crippen molar-refractivity contribution in [1.82, 2.24) is 9.13 Å². The zero-order valence-corrected chi connectivity index (χ0v) is 11.3. The molecule has 0 spiro atoms. The Morgan fingerprint density at radius 1 is 1.17 bits per heavy atom. The van der Waals surface area contributed by atoms with Crippen LogP contribution in [0.2, 0.25) is 5.02 Å². The standard InChI is InChI=1S/C13H13ClN2OS/c14-9-4-6-10(7-5-9)16-12(17)11-3-1-2-8-15(11)13(16)18/h4-7,17H,1-3,8H2. The quantitative estimate of drug-likeness (QED) is 0.807. The fourth-order valence-electron chi connectivity index (χ4n) is 2.44. The molecular formula is C13H13ClN2OS. The van der Waals surface area contributed by atoms with Gasteiger partial charge in [0, 0.05) is 11.6 Å². The van der Waals surface area contributed by atoms with Crippen LogP contribution < -0.4 is 0 Å². The van der Waals surface area contributed by atoms with Gasteiger partial charge in [-0.05, 0) is 55.7 Å². The molecule has 3 rings (SSSR count). The average Bonchev–Trinajstić information content (AvgIpc) is 2.64. The van der Waals surface area contributed by atoms with Crippen molar-refractivity contribution in [3.63, 3.8) is 0 Å². The maximum Gasteiger partial charge on any atom is 0.218 e. The number of rotatable bonds is 1. The van der Waals surface area contributed by atoms with Crippen molar-refractivity contribution in [2.45, 2.75) is 25.8 Å². The number of benzene rings is 1. The Labute approximate surface area is 115 Å². The predicted molar refractivity (Wildman–Crippen MR) is 74.2 cm³/mol. The van der Waals surface area contributed by atoms with Gasteiger partial charge in [-0.15, -0.1) is 0 Å². The van der Waals surface area contributed by atoms with Gasteiger partial charge in [-0.1, -0.05) is 11.6 Å². The Hall–Kier alpha value is -1.26. The third kappa shape index (κ3) is 1.76. The number of imidazole rings is 1. The van der Waals surface area contributed by atoms with Crippen LogP contribution in [0, 0.1) is 4.77 Å². The van der Waals surface area contributed by atoms with E-state index in [9.17, 15) is 5.11 Å². The van der Waals surface area contributed by atoms with Gasteiger partial charge in [-0.3, -0.25) is 4.57 Å². The van der Waals surface area contributed by atoms with E-state index in [1.807, 2.05) is 16.7 Å². The van der Waals surface area contributed by atoms with Gasteiger partial charge in [0.05, 0.1) is 11.4 Å². The predicted octanol–water partition coefficient (Wildman–Crippen LogP) is 3.70. The molecule has 2 heterocycles. The molecule has 0 bridgehead atoms. The van der Waals surface area contributed by atoms with E-state index < -0.39 is 0 Å². The van der Waals surface area contributed by atoms with E-state index >= 15 is 0 Å². The van der Waals surface area contributed by atoms with Crippen molar-refractivity contribution in [2.75, 3.05) is 0 Å². The molecule has 2 aromatic rings. The Balaban J connectivity index is 2.21. The first kappa shape index (κ1) is 11.8. The lowest BCUT2D eigenvalue weighted by Gasteiger charge is -2.12. The van der Waals surface area contributed by atoms with Gasteiger partial charge < -0.3 is 9.67 Å². The number of aromatic hydroxyl groups is 1. The highest BCUT2D eigenvalue weighted by molar-refractivity contribution is 7.71. The first-order chi connectivity index (χ1) is 8.68. The minimum Gasteiger partial charge on any atom is -0.493 e. The van der Waals surface area contributed by atoms with E-state index in [2.05, 4.69) is 0 Å². The third-order valence-electron chi connectivity index (χ3n) is 3.35. The van der Waals surface area contributed by atoms with E-state index in [4.69, 9.17) is 23.8 Å². The van der Waals surface area contributed by atoms with E-state index in [0.29, 0.717) is 9.79 Å². The SMILES string of the molecule is Oc1c2n(c(=S)n1-c1ccc(Cl)cc1)CCCC2. The van der Waals surface area contributed by atoms with E-state index in [0.717, 1.165) is 37.2 Å². The van der Waals surface area contributed by atoms with Crippen molar-refractivity contribution in [3.05, 3.63) is 39.8 Å². The molecule has 0 unspecified atom stereocenters. The molecule has 1 aliphatic heterocycles. The molecule has 18 heavy (non-hydrogen) atoms. The number of hydrogen-bond acceptors (Lipinski definition) is 2. The third-order valence-corrected chi connectivity index (χ3v) is 4.00. The molecule has 0 aliphatic carbocycles. The second kappa shape index (κ2) is 4.44. The van der Waals surface area contributed by atoms with Crippen LogP contribution in [-0.2, 0) is 13.0 Å². The average molecular weight is 281 g/mol. The molecule has 0 atom stereocenters. The largest absolute Gasteiger partial charge is 0.493 e. The first-order valence-corrected chi connectivity index (χ1v) is 6.76. The summed E-state index contributed by atoms with van der Waals surface area (Å²) in [6.07, 6.45) is 3.11. The van der Waals surface area contributed by atoms with Crippen molar-refractivity contribution in [2.24, 2.45) is 0 Å². The van der Waals surface area contributed by atoms with Crippen LogP contribution in [0.25, 0.3) is 5.69 Å². The van der Waals surface area contributed by atoms with Gasteiger partial charge >= 0.3 is 0 Å². The Morgan fingerprint density at radius 2 is 1.89 bits per heavy atom. The van der Waals surface area contributed by atoms with Gasteiger partial charge in [0.2, 0.25) is 5.88 Å². The molecule has 1 N–H and O–H groups in total. The molecule has 0 radical (unpaired) electrons. The molecule has 5 heteroatoms. The highest BCUT2D eigenvalue weighted by Gasteiger charge is 2.20. The van der Waals surface area contributed by atoms with Crippen molar-refractivity contribution in [1.29, 1.82) is 0 Å². The van der Waals surface area contributed by atoms with Crippen LogP contribution >= 0.6 is 23.8 Å². The molecule has 1 aromatic heterocycles. The Bertz CT molecular complexity index is 642. The maximum absolute atomic E-state index is 10.3. The molecule has 94 valence electrons. The van der Waals surface area contributed by atoms with E-state index in [1.165, 1.54) is 0 Å². The summed E-state index contributed by atoms with van der Waals surface area (Å²) in [5.41, 5.74) is 1.80. The van der Waals surface area contributed by atoms with Crippen LogP contribution in [0.15, 0.2) is 24.3 Å². The normalized spacial score (nSPS) is 14.5. The number of halogens is 1. The number of aromatic nitrogens is 2. The summed E-state index contributed by atoms with van der Waals surface area (Å²) in [5.74, 6) is 0.266. The van der Waals surface area contributed by atoms with Crippen molar-refractivity contribution in [3.8, 4) is 11.6 Å². The van der Waals surface area contributed by atoms with Crippen molar-refractivity contribution < 1.29 is 5.11 Å². The summed E-state index contributed by atoms with van der Waals surface area (Å²) in [4.78, 5) is 0. The molecule has 1 aromatic carbocycles. The summed E-state index contributed by atoms with van der Waals surface area (Å²) < 4.78 is 4.40. The van der Waals surface area contributed by atoms with Crippen LogP contribution in [0.5, 0.6) is 5.88 Å². The molecule has 0 amide bonds. The molecular weight excluding hydrogens is 268 g/mol. The number of fused-ring (bicyclic) bond motifs is 1. The van der Waals surface area contributed by atoms with Gasteiger partial charge in [0.1, 0.15) is 0 Å². The Kier molecular flexibility index (Phi) is 2.92. The number of nitrogens with zero attached hydrogens (tertiary/aromatic N) is 2. The molecule has 0 saturated carbocycles. The lowest BCUT2D eigenvalue weighted by molar-refractivity contribution is 0.426. The van der Waals surface area contributed by atoms with Crippen LogP contribution in [0.3, 0.4) is 0 Å². The zero-order valence-electron chi connectivity index (χ0n) is 9.77. The van der Waals surface area contributed by atoms with Gasteiger partial charge in [-0.2, -0.15) is 0 Å². The van der Waals surface area contributed by atoms with Crippen LogP contribution in [0.1, 0.15) is 18.5 Å². The summed E-state index contributed by atoms with van der Waals surface area (Å²) in [6, 6.07) is 7.33. The van der Waals surface area contributed by atoms with Gasteiger partial charge in [0.25, 0.3) is 0 Å². The van der Waals surface area contributed by atoms with Gasteiger partial charge in [0.15, 0.2) is 4.77 Å². The minimum absolute atomic E-state index is 0.266. The molecule has 3 nitrogen and oxygen atoms in total. The fourth-order valence-corrected chi connectivity index (χ4v) is 2.96. The molecule has 0 saturated heterocycles. The van der Waals surface area contributed by atoms with E-state index in [1.54, 1.807) is 16.7 Å². The zero-order chi connectivity index (χ0) is 12.7. The monoisotopic (exact) mass is 280 g/mol. The fraction of sp³-hybridized carbons (Fsp3) is 0.308. The second-order valence-electron chi connectivity index (χ2n) is 4.47. The van der Waals surface area contributed by atoms with E-state index in [-0.39, 0.29) is 5.88 Å². The summed E-state index contributed by atoms with van der Waals surface area (Å²) >= 11 is 11.3. The molecule has 0 fully saturated rings. The molecule has 1 aliphatic rings. The minimum atomic E-state index is 0.266. The van der Waals surface area contributed by atoms with Crippen LogP contribution in [0.4, 0.5) is 0 Å².